The molecule has 0 aromatic heterocycles. The third-order valence-corrected chi connectivity index (χ3v) is 3.32. The van der Waals surface area contributed by atoms with E-state index in [0.29, 0.717) is 0 Å². The van der Waals surface area contributed by atoms with Gasteiger partial charge in [-0.15, -0.1) is 0 Å². The lowest BCUT2D eigenvalue weighted by Crippen LogP contribution is -1.83. The van der Waals surface area contributed by atoms with Crippen molar-refractivity contribution in [1.29, 1.82) is 0 Å². The van der Waals surface area contributed by atoms with Crippen LogP contribution in [0.15, 0.2) is 0 Å². The summed E-state index contributed by atoms with van der Waals surface area (Å²) in [6.45, 7) is 7.74. The molecule has 0 aliphatic carbocycles. The van der Waals surface area contributed by atoms with E-state index in [1.54, 1.807) is 0 Å². The van der Waals surface area contributed by atoms with E-state index in [2.05, 4.69) is 20.3 Å². The fourth-order valence-electron chi connectivity index (χ4n) is 2.14. The van der Waals surface area contributed by atoms with Gasteiger partial charge >= 0.3 is 0 Å². The van der Waals surface area contributed by atoms with Crippen LogP contribution in [0.1, 0.15) is 89.9 Å². The molecule has 0 nitrogen and oxygen atoms in total. The maximum Gasteiger partial charge on any atom is -0.0386 e. The van der Waals surface area contributed by atoms with Crippen LogP contribution in [0.3, 0.4) is 0 Å². The molecule has 0 saturated heterocycles. The van der Waals surface area contributed by atoms with Crippen LogP contribution >= 0.6 is 0 Å². The van der Waals surface area contributed by atoms with Crippen molar-refractivity contribution < 1.29 is 0 Å². The molecule has 0 atom stereocenters. The topological polar surface area (TPSA) is 0 Å². The van der Waals surface area contributed by atoms with Crippen LogP contribution in [0.25, 0.3) is 0 Å². The predicted octanol–water partition coefficient (Wildman–Crippen LogP) is 6.32. The van der Waals surface area contributed by atoms with Crippen molar-refractivity contribution in [1.82, 2.24) is 0 Å². The minimum atomic E-state index is 1.11. The fraction of sp³-hybridized carbons (Fsp3) is 0.824. The SMILES string of the molecule is [CH2]CCCCC[CH]CCCCCCCCC[CH2]. The molecule has 0 fully saturated rings. The molecule has 0 aromatic rings. The highest BCUT2D eigenvalue weighted by Crippen LogP contribution is 2.12. The predicted molar refractivity (Wildman–Crippen MR) is 79.7 cm³/mol. The van der Waals surface area contributed by atoms with E-state index in [1.807, 2.05) is 0 Å². The molecule has 3 radical (unpaired) electrons. The first-order chi connectivity index (χ1) is 8.41. The van der Waals surface area contributed by atoms with Crippen molar-refractivity contribution >= 4 is 0 Å². The van der Waals surface area contributed by atoms with Gasteiger partial charge in [-0.05, 0) is 6.42 Å². The lowest BCUT2D eigenvalue weighted by atomic mass is 10.0. The number of unbranched alkanes of at least 4 members (excludes halogenated alkanes) is 14. The zero-order valence-corrected chi connectivity index (χ0v) is 11.9. The first-order valence-electron chi connectivity index (χ1n) is 7.82. The van der Waals surface area contributed by atoms with E-state index in [-0.39, 0.29) is 0 Å². The van der Waals surface area contributed by atoms with E-state index in [1.165, 1.54) is 77.0 Å². The van der Waals surface area contributed by atoms with Crippen LogP contribution in [0.4, 0.5) is 0 Å². The van der Waals surface area contributed by atoms with Gasteiger partial charge in [0.05, 0.1) is 0 Å². The Labute approximate surface area is 111 Å². The zero-order chi connectivity index (χ0) is 12.6. The second kappa shape index (κ2) is 16.0. The van der Waals surface area contributed by atoms with Gasteiger partial charge in [-0.2, -0.15) is 0 Å². The van der Waals surface area contributed by atoms with Crippen LogP contribution in [-0.2, 0) is 0 Å². The van der Waals surface area contributed by atoms with Crippen LogP contribution in [0.5, 0.6) is 0 Å². The summed E-state index contributed by atoms with van der Waals surface area (Å²) in [4.78, 5) is 0. The largest absolute Gasteiger partial charge is 0.0533 e. The molecule has 101 valence electrons. The molecule has 0 amide bonds. The Kier molecular flexibility index (Phi) is 16.0. The molecule has 0 rings (SSSR count). The van der Waals surface area contributed by atoms with Crippen molar-refractivity contribution in [3.05, 3.63) is 20.3 Å². The number of hydrogen-bond donors (Lipinski definition) is 0. The van der Waals surface area contributed by atoms with Gasteiger partial charge in [0.2, 0.25) is 0 Å². The zero-order valence-electron chi connectivity index (χ0n) is 11.9. The van der Waals surface area contributed by atoms with Gasteiger partial charge in [0.15, 0.2) is 0 Å². The number of rotatable bonds is 14. The molecule has 0 aromatic carbocycles. The maximum atomic E-state index is 3.87. The van der Waals surface area contributed by atoms with Crippen molar-refractivity contribution in [3.63, 3.8) is 0 Å². The molecule has 0 saturated carbocycles. The van der Waals surface area contributed by atoms with Crippen molar-refractivity contribution in [2.75, 3.05) is 0 Å². The average Bonchev–Trinajstić information content (AvgIpc) is 2.35. The third kappa shape index (κ3) is 16.0. The van der Waals surface area contributed by atoms with E-state index >= 15 is 0 Å². The highest BCUT2D eigenvalue weighted by Gasteiger charge is 1.93. The molecule has 0 N–H and O–H groups in total. The Balaban J connectivity index is 2.85. The Morgan fingerprint density at radius 2 is 0.824 bits per heavy atom. The summed E-state index contributed by atoms with van der Waals surface area (Å²) in [5.41, 5.74) is 0. The second-order valence-corrected chi connectivity index (χ2v) is 5.11. The Bertz CT molecular complexity index is 103. The lowest BCUT2D eigenvalue weighted by molar-refractivity contribution is 0.573. The Hall–Kier alpha value is 0. The van der Waals surface area contributed by atoms with E-state index in [9.17, 15) is 0 Å². The molecule has 0 spiro atoms. The van der Waals surface area contributed by atoms with Gasteiger partial charge in [0, 0.05) is 0 Å². The molecule has 0 unspecified atom stereocenters. The smallest absolute Gasteiger partial charge is 0.0386 e. The summed E-state index contributed by atoms with van der Waals surface area (Å²) in [7, 11) is 0. The molecule has 0 heterocycles. The molecular weight excluding hydrogens is 204 g/mol. The molecule has 0 heteroatoms. The van der Waals surface area contributed by atoms with Crippen molar-refractivity contribution in [2.45, 2.75) is 89.9 Å². The van der Waals surface area contributed by atoms with Gasteiger partial charge in [-0.1, -0.05) is 104 Å². The quantitative estimate of drug-likeness (QED) is 0.310. The van der Waals surface area contributed by atoms with Gasteiger partial charge in [0.25, 0.3) is 0 Å². The van der Waals surface area contributed by atoms with E-state index in [0.717, 1.165) is 12.8 Å². The summed E-state index contributed by atoms with van der Waals surface area (Å²) >= 11 is 0. The van der Waals surface area contributed by atoms with Crippen molar-refractivity contribution in [3.8, 4) is 0 Å². The molecule has 0 aliphatic heterocycles. The third-order valence-electron chi connectivity index (χ3n) is 3.32. The van der Waals surface area contributed by atoms with Gasteiger partial charge < -0.3 is 0 Å². The normalized spacial score (nSPS) is 10.9. The Morgan fingerprint density at radius 3 is 1.29 bits per heavy atom. The van der Waals surface area contributed by atoms with Crippen LogP contribution in [0, 0.1) is 20.3 Å². The summed E-state index contributed by atoms with van der Waals surface area (Å²) in [6, 6.07) is 0. The minimum Gasteiger partial charge on any atom is -0.0533 e. The van der Waals surface area contributed by atoms with Gasteiger partial charge in [-0.25, -0.2) is 0 Å². The first-order valence-corrected chi connectivity index (χ1v) is 7.82. The summed E-state index contributed by atoms with van der Waals surface area (Å²) < 4.78 is 0. The first kappa shape index (κ1) is 17.0. The van der Waals surface area contributed by atoms with E-state index in [4.69, 9.17) is 0 Å². The average molecular weight is 237 g/mol. The maximum absolute atomic E-state index is 3.87. The summed E-state index contributed by atoms with van der Waals surface area (Å²) in [6.07, 6.45) is 21.3. The molecular formula is C17H33. The number of hydrogen-bond acceptors (Lipinski definition) is 0. The molecule has 17 heavy (non-hydrogen) atoms. The summed E-state index contributed by atoms with van der Waals surface area (Å²) in [5.74, 6) is 0. The van der Waals surface area contributed by atoms with Gasteiger partial charge in [0.1, 0.15) is 0 Å². The molecule has 0 bridgehead atoms. The monoisotopic (exact) mass is 237 g/mol. The highest BCUT2D eigenvalue weighted by atomic mass is 14.0. The minimum absolute atomic E-state index is 1.11. The summed E-state index contributed by atoms with van der Waals surface area (Å²) in [5, 5.41) is 0. The van der Waals surface area contributed by atoms with E-state index < -0.39 is 0 Å². The Morgan fingerprint density at radius 1 is 0.471 bits per heavy atom. The van der Waals surface area contributed by atoms with Crippen LogP contribution in [0.2, 0.25) is 0 Å². The fourth-order valence-corrected chi connectivity index (χ4v) is 2.14. The lowest BCUT2D eigenvalue weighted by Gasteiger charge is -2.02. The van der Waals surface area contributed by atoms with Gasteiger partial charge in [-0.3, -0.25) is 0 Å². The highest BCUT2D eigenvalue weighted by molar-refractivity contribution is 4.64. The van der Waals surface area contributed by atoms with Crippen LogP contribution < -0.4 is 0 Å². The van der Waals surface area contributed by atoms with Crippen LogP contribution in [-0.4, -0.2) is 0 Å². The van der Waals surface area contributed by atoms with Crippen molar-refractivity contribution in [2.24, 2.45) is 0 Å². The second-order valence-electron chi connectivity index (χ2n) is 5.11. The standard InChI is InChI=1S/C17H33/c1-3-5-7-9-11-13-15-17-16-14-12-10-8-6-4-2/h13H,1-12,14-17H2. The molecule has 0 aliphatic rings.